The molecule has 2 rings (SSSR count). The van der Waals surface area contributed by atoms with E-state index in [2.05, 4.69) is 9.71 Å². The molecule has 2 aromatic carbocycles. The van der Waals surface area contributed by atoms with Gasteiger partial charge in [0.2, 0.25) is 0 Å². The number of nitrogens with one attached hydrogen (secondary N) is 1. The van der Waals surface area contributed by atoms with E-state index in [1.54, 1.807) is 36.0 Å². The van der Waals surface area contributed by atoms with Gasteiger partial charge in [-0.05, 0) is 67.3 Å². The molecule has 27 heavy (non-hydrogen) atoms. The predicted octanol–water partition coefficient (Wildman–Crippen LogP) is 3.45. The maximum absolute atomic E-state index is 12.7. The van der Waals surface area contributed by atoms with Crippen LogP contribution in [0.3, 0.4) is 0 Å². The molecule has 8 heteroatoms. The molecule has 0 fully saturated rings. The van der Waals surface area contributed by atoms with Gasteiger partial charge < -0.3 is 10.5 Å². The molecule has 146 valence electrons. The largest absolute Gasteiger partial charge is 0.497 e. The monoisotopic (exact) mass is 407 g/mol. The van der Waals surface area contributed by atoms with Crippen molar-refractivity contribution in [3.8, 4) is 5.75 Å². The van der Waals surface area contributed by atoms with Crippen molar-refractivity contribution >= 4 is 33.8 Å². The average Bonchev–Trinajstić information content (AvgIpc) is 2.66. The Balaban J connectivity index is 2.30. The van der Waals surface area contributed by atoms with Crippen LogP contribution < -0.4 is 15.2 Å². The summed E-state index contributed by atoms with van der Waals surface area (Å²) in [5, 5.41) is 0. The molecule has 0 heterocycles. The van der Waals surface area contributed by atoms with Crippen LogP contribution in [-0.4, -0.2) is 33.9 Å². The number of sulfonamides is 1. The first-order valence-corrected chi connectivity index (χ1v) is 11.2. The van der Waals surface area contributed by atoms with E-state index in [9.17, 15) is 8.42 Å². The highest BCUT2D eigenvalue weighted by molar-refractivity contribution is 7.98. The highest BCUT2D eigenvalue weighted by Crippen LogP contribution is 2.32. The molecule has 0 aliphatic carbocycles. The molecule has 0 aliphatic rings. The van der Waals surface area contributed by atoms with Crippen molar-refractivity contribution in [2.24, 2.45) is 10.7 Å². The topological polar surface area (TPSA) is 93.8 Å². The van der Waals surface area contributed by atoms with Crippen LogP contribution in [0.5, 0.6) is 5.75 Å². The fourth-order valence-electron chi connectivity index (χ4n) is 2.64. The van der Waals surface area contributed by atoms with E-state index in [-0.39, 0.29) is 4.90 Å². The van der Waals surface area contributed by atoms with Gasteiger partial charge in [0.15, 0.2) is 0 Å². The fourth-order valence-corrected chi connectivity index (χ4v) is 4.29. The SMILES string of the molecule is COc1ccc(S(=O)(=O)Nc2cccc(C(C)(CCSC)N=CN)c2)cc1. The van der Waals surface area contributed by atoms with Gasteiger partial charge in [0.05, 0.1) is 23.9 Å². The van der Waals surface area contributed by atoms with Crippen molar-refractivity contribution in [1.29, 1.82) is 0 Å². The summed E-state index contributed by atoms with van der Waals surface area (Å²) >= 11 is 1.73. The van der Waals surface area contributed by atoms with Crippen molar-refractivity contribution in [2.45, 2.75) is 23.8 Å². The van der Waals surface area contributed by atoms with Gasteiger partial charge in [-0.15, -0.1) is 0 Å². The van der Waals surface area contributed by atoms with Crippen LogP contribution in [0, 0.1) is 0 Å². The summed E-state index contributed by atoms with van der Waals surface area (Å²) in [6.45, 7) is 1.99. The zero-order valence-electron chi connectivity index (χ0n) is 15.7. The van der Waals surface area contributed by atoms with Crippen LogP contribution in [-0.2, 0) is 15.6 Å². The Morgan fingerprint density at radius 1 is 1.26 bits per heavy atom. The number of anilines is 1. The number of benzene rings is 2. The lowest BCUT2D eigenvalue weighted by Gasteiger charge is -2.26. The minimum absolute atomic E-state index is 0.166. The maximum Gasteiger partial charge on any atom is 0.261 e. The number of nitrogens with zero attached hydrogens (tertiary/aromatic N) is 1. The van der Waals surface area contributed by atoms with Crippen molar-refractivity contribution in [3.63, 3.8) is 0 Å². The standard InChI is InChI=1S/C19H25N3O3S2/c1-19(21-14-20,11-12-26-3)15-5-4-6-16(13-15)22-27(23,24)18-9-7-17(25-2)8-10-18/h4-10,13-14,22H,11-12H2,1-3H3,(H2,20,21). The third kappa shape index (κ3) is 5.40. The molecule has 0 aliphatic heterocycles. The van der Waals surface area contributed by atoms with E-state index in [1.165, 1.54) is 25.6 Å². The predicted molar refractivity (Wildman–Crippen MR) is 113 cm³/mol. The number of methoxy groups -OCH3 is 1. The quantitative estimate of drug-likeness (QED) is 0.490. The summed E-state index contributed by atoms with van der Waals surface area (Å²) in [6.07, 6.45) is 4.12. The van der Waals surface area contributed by atoms with Crippen LogP contribution in [0.4, 0.5) is 5.69 Å². The number of aliphatic imine (C=N–C) groups is 1. The van der Waals surface area contributed by atoms with Gasteiger partial charge in [-0.25, -0.2) is 8.42 Å². The van der Waals surface area contributed by atoms with Gasteiger partial charge in [0, 0.05) is 5.69 Å². The second kappa shape index (κ2) is 9.14. The van der Waals surface area contributed by atoms with Crippen LogP contribution in [0.1, 0.15) is 18.9 Å². The number of rotatable bonds is 9. The highest BCUT2D eigenvalue weighted by atomic mass is 32.2. The van der Waals surface area contributed by atoms with Gasteiger partial charge in [0.1, 0.15) is 5.75 Å². The zero-order chi connectivity index (χ0) is 19.9. The summed E-state index contributed by atoms with van der Waals surface area (Å²) in [5.41, 5.74) is 6.40. The van der Waals surface area contributed by atoms with Crippen molar-refractivity contribution < 1.29 is 13.2 Å². The van der Waals surface area contributed by atoms with Crippen molar-refractivity contribution in [1.82, 2.24) is 0 Å². The summed E-state index contributed by atoms with van der Waals surface area (Å²) in [4.78, 5) is 4.59. The molecule has 1 unspecified atom stereocenters. The van der Waals surface area contributed by atoms with Crippen molar-refractivity contribution in [3.05, 3.63) is 54.1 Å². The van der Waals surface area contributed by atoms with Crippen molar-refractivity contribution in [2.75, 3.05) is 23.8 Å². The maximum atomic E-state index is 12.7. The van der Waals surface area contributed by atoms with Gasteiger partial charge in [-0.1, -0.05) is 12.1 Å². The minimum atomic E-state index is -3.70. The molecule has 2 aromatic rings. The van der Waals surface area contributed by atoms with E-state index in [1.807, 2.05) is 25.3 Å². The first-order valence-electron chi connectivity index (χ1n) is 8.36. The lowest BCUT2D eigenvalue weighted by atomic mass is 9.90. The van der Waals surface area contributed by atoms with E-state index >= 15 is 0 Å². The first-order chi connectivity index (χ1) is 12.8. The molecule has 6 nitrogen and oxygen atoms in total. The number of thioether (sulfide) groups is 1. The molecule has 0 bridgehead atoms. The molecule has 0 spiro atoms. The highest BCUT2D eigenvalue weighted by Gasteiger charge is 2.25. The minimum Gasteiger partial charge on any atom is -0.497 e. The van der Waals surface area contributed by atoms with Gasteiger partial charge >= 0.3 is 0 Å². The zero-order valence-corrected chi connectivity index (χ0v) is 17.3. The van der Waals surface area contributed by atoms with E-state index in [0.29, 0.717) is 11.4 Å². The lowest BCUT2D eigenvalue weighted by molar-refractivity contribution is 0.414. The molecule has 0 aromatic heterocycles. The van der Waals surface area contributed by atoms with Crippen LogP contribution in [0.15, 0.2) is 58.4 Å². The van der Waals surface area contributed by atoms with E-state index in [4.69, 9.17) is 10.5 Å². The number of hydrogen-bond acceptors (Lipinski definition) is 5. The summed E-state index contributed by atoms with van der Waals surface area (Å²) in [6, 6.07) is 13.5. The molecule has 0 radical (unpaired) electrons. The average molecular weight is 408 g/mol. The first kappa shape index (κ1) is 21.1. The molecular weight excluding hydrogens is 382 g/mol. The summed E-state index contributed by atoms with van der Waals surface area (Å²) in [5.74, 6) is 1.51. The third-order valence-electron chi connectivity index (χ3n) is 4.26. The number of hydrogen-bond donors (Lipinski definition) is 2. The van der Waals surface area contributed by atoms with Gasteiger partial charge in [-0.3, -0.25) is 9.71 Å². The molecule has 0 amide bonds. The van der Waals surface area contributed by atoms with Crippen LogP contribution >= 0.6 is 11.8 Å². The molecular formula is C19H25N3O3S2. The second-order valence-corrected chi connectivity index (χ2v) is 8.82. The molecule has 1 atom stereocenters. The second-order valence-electron chi connectivity index (χ2n) is 6.16. The van der Waals surface area contributed by atoms with Crippen LogP contribution in [0.25, 0.3) is 0 Å². The normalized spacial score (nSPS) is 14.0. The Labute approximate surface area is 165 Å². The fraction of sp³-hybridized carbons (Fsp3) is 0.316. The molecule has 3 N–H and O–H groups in total. The van der Waals surface area contributed by atoms with E-state index in [0.717, 1.165) is 17.7 Å². The Hall–Kier alpha value is -2.19. The van der Waals surface area contributed by atoms with E-state index < -0.39 is 15.6 Å². The smallest absolute Gasteiger partial charge is 0.261 e. The molecule has 0 saturated carbocycles. The number of nitrogens with two attached hydrogens (primary N) is 1. The molecule has 0 saturated heterocycles. The Kier molecular flexibility index (Phi) is 7.15. The summed E-state index contributed by atoms with van der Waals surface area (Å²) < 4.78 is 33.0. The van der Waals surface area contributed by atoms with Gasteiger partial charge in [0.25, 0.3) is 10.0 Å². The Morgan fingerprint density at radius 3 is 2.56 bits per heavy atom. The Bertz CT molecular complexity index is 883. The summed E-state index contributed by atoms with van der Waals surface area (Å²) in [7, 11) is -2.17. The Morgan fingerprint density at radius 2 is 1.96 bits per heavy atom. The third-order valence-corrected chi connectivity index (χ3v) is 6.27. The van der Waals surface area contributed by atoms with Crippen LogP contribution in [0.2, 0.25) is 0 Å². The van der Waals surface area contributed by atoms with Gasteiger partial charge in [-0.2, -0.15) is 11.8 Å². The lowest BCUT2D eigenvalue weighted by Crippen LogP contribution is -2.22. The number of ether oxygens (including phenoxy) is 1.